The third kappa shape index (κ3) is 3.31. The first-order valence-corrected chi connectivity index (χ1v) is 8.97. The highest BCUT2D eigenvalue weighted by molar-refractivity contribution is 7.91. The number of rotatable bonds is 5. The molecule has 0 N–H and O–H groups in total. The highest BCUT2D eigenvalue weighted by atomic mass is 32.2. The summed E-state index contributed by atoms with van der Waals surface area (Å²) >= 11 is 0. The van der Waals surface area contributed by atoms with E-state index in [2.05, 4.69) is 0 Å². The van der Waals surface area contributed by atoms with E-state index in [9.17, 15) is 21.2 Å². The van der Waals surface area contributed by atoms with Crippen LogP contribution in [0.15, 0.2) is 28.0 Å². The van der Waals surface area contributed by atoms with Gasteiger partial charge in [0.2, 0.25) is 10.0 Å². The van der Waals surface area contributed by atoms with Gasteiger partial charge in [0.1, 0.15) is 10.7 Å². The Morgan fingerprint density at radius 2 is 1.63 bits per heavy atom. The quantitative estimate of drug-likeness (QED) is 0.768. The van der Waals surface area contributed by atoms with E-state index in [1.807, 2.05) is 0 Å². The fraction of sp³-hybridized carbons (Fsp3) is 0.455. The fourth-order valence-corrected chi connectivity index (χ4v) is 3.88. The molecular weight excluding hydrogens is 293 g/mol. The van der Waals surface area contributed by atoms with E-state index in [1.165, 1.54) is 0 Å². The summed E-state index contributed by atoms with van der Waals surface area (Å²) in [5.74, 6) is -0.959. The molecule has 5 nitrogen and oxygen atoms in total. The molecule has 0 aliphatic carbocycles. The summed E-state index contributed by atoms with van der Waals surface area (Å²) in [6.45, 7) is 3.61. The Labute approximate surface area is 113 Å². The van der Waals surface area contributed by atoms with Gasteiger partial charge < -0.3 is 0 Å². The number of sulfonamides is 1. The average Bonchev–Trinajstić information content (AvgIpc) is 2.28. The number of halogens is 1. The molecular formula is C11H16FNO4S2. The van der Waals surface area contributed by atoms with E-state index in [1.54, 1.807) is 13.8 Å². The van der Waals surface area contributed by atoms with Crippen LogP contribution in [0.3, 0.4) is 0 Å². The van der Waals surface area contributed by atoms with Crippen LogP contribution in [0.1, 0.15) is 13.8 Å². The molecule has 0 radical (unpaired) electrons. The van der Waals surface area contributed by atoms with Crippen molar-refractivity contribution in [3.8, 4) is 0 Å². The summed E-state index contributed by atoms with van der Waals surface area (Å²) in [5.41, 5.74) is 0. The van der Waals surface area contributed by atoms with Crippen molar-refractivity contribution < 1.29 is 21.2 Å². The van der Waals surface area contributed by atoms with Crippen molar-refractivity contribution in [2.75, 3.05) is 19.3 Å². The Hall–Kier alpha value is -0.990. The molecule has 0 amide bonds. The summed E-state index contributed by atoms with van der Waals surface area (Å²) in [6, 6.07) is 2.76. The third-order valence-electron chi connectivity index (χ3n) is 2.65. The molecule has 0 aliphatic rings. The first-order chi connectivity index (χ1) is 8.64. The third-order valence-corrected chi connectivity index (χ3v) is 5.83. The molecule has 8 heteroatoms. The Balaban J connectivity index is 3.51. The molecule has 19 heavy (non-hydrogen) atoms. The van der Waals surface area contributed by atoms with Gasteiger partial charge in [-0.1, -0.05) is 13.8 Å². The second-order valence-corrected chi connectivity index (χ2v) is 7.88. The minimum absolute atomic E-state index is 0.182. The molecule has 0 aliphatic heterocycles. The normalized spacial score (nSPS) is 12.9. The predicted octanol–water partition coefficient (Wildman–Crippen LogP) is 1.26. The first-order valence-electron chi connectivity index (χ1n) is 5.64. The van der Waals surface area contributed by atoms with E-state index in [4.69, 9.17) is 0 Å². The molecule has 0 spiro atoms. The first kappa shape index (κ1) is 16.1. The van der Waals surface area contributed by atoms with E-state index in [0.29, 0.717) is 0 Å². The lowest BCUT2D eigenvalue weighted by Gasteiger charge is -2.19. The van der Waals surface area contributed by atoms with Crippen LogP contribution in [0.25, 0.3) is 0 Å². The van der Waals surface area contributed by atoms with Crippen molar-refractivity contribution in [1.29, 1.82) is 0 Å². The lowest BCUT2D eigenvalue weighted by Crippen LogP contribution is -2.31. The van der Waals surface area contributed by atoms with Crippen LogP contribution in [0.2, 0.25) is 0 Å². The standard InChI is InChI=1S/C11H16FNO4S2/c1-4-13(5-2)19(16,17)11-8-9(18(3,14)15)6-7-10(11)12/h6-8H,4-5H2,1-3H3. The molecule has 0 saturated heterocycles. The van der Waals surface area contributed by atoms with Gasteiger partial charge in [-0.3, -0.25) is 0 Å². The minimum atomic E-state index is -4.02. The van der Waals surface area contributed by atoms with Crippen LogP contribution in [-0.4, -0.2) is 40.5 Å². The Bertz CT molecular complexity index is 664. The topological polar surface area (TPSA) is 71.5 Å². The monoisotopic (exact) mass is 309 g/mol. The second-order valence-electron chi connectivity index (χ2n) is 3.95. The highest BCUT2D eigenvalue weighted by Crippen LogP contribution is 2.22. The van der Waals surface area contributed by atoms with Gasteiger partial charge in [-0.25, -0.2) is 21.2 Å². The van der Waals surface area contributed by atoms with Crippen LogP contribution in [0.4, 0.5) is 4.39 Å². The predicted molar refractivity (Wildman–Crippen MR) is 69.6 cm³/mol. The van der Waals surface area contributed by atoms with E-state index >= 15 is 0 Å². The number of hydrogen-bond acceptors (Lipinski definition) is 4. The molecule has 0 bridgehead atoms. The van der Waals surface area contributed by atoms with Gasteiger partial charge in [0.25, 0.3) is 0 Å². The molecule has 1 rings (SSSR count). The van der Waals surface area contributed by atoms with Crippen LogP contribution < -0.4 is 0 Å². The van der Waals surface area contributed by atoms with Crippen molar-refractivity contribution in [3.63, 3.8) is 0 Å². The van der Waals surface area contributed by atoms with Gasteiger partial charge in [0.15, 0.2) is 9.84 Å². The summed E-state index contributed by atoms with van der Waals surface area (Å²) in [7, 11) is -7.61. The van der Waals surface area contributed by atoms with Crippen molar-refractivity contribution in [1.82, 2.24) is 4.31 Å². The lowest BCUT2D eigenvalue weighted by atomic mass is 10.3. The minimum Gasteiger partial charge on any atom is -0.224 e. The van der Waals surface area contributed by atoms with Crippen molar-refractivity contribution in [2.45, 2.75) is 23.6 Å². The Morgan fingerprint density at radius 3 is 2.05 bits per heavy atom. The zero-order valence-corrected chi connectivity index (χ0v) is 12.6. The smallest absolute Gasteiger partial charge is 0.224 e. The van der Waals surface area contributed by atoms with Gasteiger partial charge in [0.05, 0.1) is 4.90 Å². The lowest BCUT2D eigenvalue weighted by molar-refractivity contribution is 0.439. The average molecular weight is 309 g/mol. The largest absolute Gasteiger partial charge is 0.246 e. The maximum absolute atomic E-state index is 13.7. The maximum atomic E-state index is 13.7. The number of benzene rings is 1. The van der Waals surface area contributed by atoms with Crippen LogP contribution in [0.5, 0.6) is 0 Å². The molecule has 0 atom stereocenters. The molecule has 1 aromatic carbocycles. The molecule has 0 unspecified atom stereocenters. The Morgan fingerprint density at radius 1 is 1.11 bits per heavy atom. The van der Waals surface area contributed by atoms with Gasteiger partial charge >= 0.3 is 0 Å². The van der Waals surface area contributed by atoms with Crippen LogP contribution >= 0.6 is 0 Å². The number of nitrogens with zero attached hydrogens (tertiary/aromatic N) is 1. The highest BCUT2D eigenvalue weighted by Gasteiger charge is 2.26. The summed E-state index contributed by atoms with van der Waals surface area (Å²) in [4.78, 5) is -0.834. The van der Waals surface area contributed by atoms with Crippen LogP contribution in [0, 0.1) is 5.82 Å². The van der Waals surface area contributed by atoms with Crippen LogP contribution in [-0.2, 0) is 19.9 Å². The number of hydrogen-bond donors (Lipinski definition) is 0. The van der Waals surface area contributed by atoms with Gasteiger partial charge in [0, 0.05) is 19.3 Å². The summed E-state index contributed by atoms with van der Waals surface area (Å²) < 4.78 is 61.9. The SMILES string of the molecule is CCN(CC)S(=O)(=O)c1cc(S(C)(=O)=O)ccc1F. The van der Waals surface area contributed by atoms with Gasteiger partial charge in [-0.05, 0) is 18.2 Å². The van der Waals surface area contributed by atoms with Gasteiger partial charge in [-0.2, -0.15) is 4.31 Å². The molecule has 0 aromatic heterocycles. The zero-order valence-electron chi connectivity index (χ0n) is 10.9. The van der Waals surface area contributed by atoms with Crippen molar-refractivity contribution in [2.24, 2.45) is 0 Å². The van der Waals surface area contributed by atoms with E-state index in [-0.39, 0.29) is 18.0 Å². The Kier molecular flexibility index (Phi) is 4.70. The molecule has 0 fully saturated rings. The molecule has 0 heterocycles. The molecule has 0 saturated carbocycles. The zero-order chi connectivity index (χ0) is 14.8. The van der Waals surface area contributed by atoms with Gasteiger partial charge in [-0.15, -0.1) is 0 Å². The fourth-order valence-electron chi connectivity index (χ4n) is 1.61. The molecule has 108 valence electrons. The van der Waals surface area contributed by atoms with E-state index < -0.39 is 30.6 Å². The molecule has 1 aromatic rings. The number of sulfone groups is 1. The maximum Gasteiger partial charge on any atom is 0.246 e. The van der Waals surface area contributed by atoms with Crippen molar-refractivity contribution in [3.05, 3.63) is 24.0 Å². The van der Waals surface area contributed by atoms with E-state index in [0.717, 1.165) is 28.8 Å². The van der Waals surface area contributed by atoms with Crippen molar-refractivity contribution >= 4 is 19.9 Å². The summed E-state index contributed by atoms with van der Waals surface area (Å²) in [5, 5.41) is 0. The summed E-state index contributed by atoms with van der Waals surface area (Å²) in [6.07, 6.45) is 0.939. The second kappa shape index (κ2) is 5.56.